The van der Waals surface area contributed by atoms with Crippen LogP contribution in [0.1, 0.15) is 18.4 Å². The highest BCUT2D eigenvalue weighted by Crippen LogP contribution is 2.40. The SMILES string of the molecule is C1=CC(c2ccc(-c3nc(-c4ccc5c(c4)oc4cc(N(c6ccccc6)c6ccc(-c7ccccc7)cc6)ccc45)nc(-c4cccc5ccccc45)n3)cc2)=CCC1. The van der Waals surface area contributed by atoms with Gasteiger partial charge >= 0.3 is 0 Å². The predicted octanol–water partition coefficient (Wildman–Crippen LogP) is 14.8. The molecule has 10 aromatic rings. The molecule has 0 bridgehead atoms. The minimum Gasteiger partial charge on any atom is -0.456 e. The van der Waals surface area contributed by atoms with Gasteiger partial charge in [0.2, 0.25) is 0 Å². The topological polar surface area (TPSA) is 55.1 Å². The minimum atomic E-state index is 0.585. The van der Waals surface area contributed by atoms with E-state index >= 15 is 0 Å². The van der Waals surface area contributed by atoms with E-state index in [1.54, 1.807) is 0 Å². The quantitative estimate of drug-likeness (QED) is 0.154. The van der Waals surface area contributed by atoms with E-state index in [-0.39, 0.29) is 0 Å². The number of para-hydroxylation sites is 1. The number of rotatable bonds is 8. The van der Waals surface area contributed by atoms with Gasteiger partial charge in [-0.05, 0) is 94.4 Å². The van der Waals surface area contributed by atoms with Gasteiger partial charge < -0.3 is 9.32 Å². The molecule has 1 aliphatic carbocycles. The second kappa shape index (κ2) is 15.1. The summed E-state index contributed by atoms with van der Waals surface area (Å²) >= 11 is 0. The lowest BCUT2D eigenvalue weighted by Gasteiger charge is -2.25. The molecule has 284 valence electrons. The van der Waals surface area contributed by atoms with Crippen molar-refractivity contribution < 1.29 is 4.42 Å². The zero-order chi connectivity index (χ0) is 39.8. The second-order valence-electron chi connectivity index (χ2n) is 15.1. The third-order valence-corrected chi connectivity index (χ3v) is 11.4. The van der Waals surface area contributed by atoms with Gasteiger partial charge in [-0.2, -0.15) is 0 Å². The molecular formula is C55H38N4O. The summed E-state index contributed by atoms with van der Waals surface area (Å²) in [5.41, 5.74) is 12.2. The number of aromatic nitrogens is 3. The summed E-state index contributed by atoms with van der Waals surface area (Å²) in [5, 5.41) is 4.30. The van der Waals surface area contributed by atoms with Crippen LogP contribution < -0.4 is 4.90 Å². The largest absolute Gasteiger partial charge is 0.456 e. The number of anilines is 3. The maximum Gasteiger partial charge on any atom is 0.164 e. The van der Waals surface area contributed by atoms with Crippen LogP contribution in [-0.4, -0.2) is 15.0 Å². The first kappa shape index (κ1) is 35.3. The molecule has 5 nitrogen and oxygen atoms in total. The Hall–Kier alpha value is -7.89. The van der Waals surface area contributed by atoms with E-state index in [0.717, 1.165) is 79.3 Å². The molecule has 0 amide bonds. The van der Waals surface area contributed by atoms with Gasteiger partial charge in [0.1, 0.15) is 11.2 Å². The van der Waals surface area contributed by atoms with Crippen molar-refractivity contribution in [3.63, 3.8) is 0 Å². The molecule has 0 aliphatic heterocycles. The Bertz CT molecular complexity index is 3230. The van der Waals surface area contributed by atoms with Crippen LogP contribution in [0.5, 0.6) is 0 Å². The molecule has 0 spiro atoms. The number of fused-ring (bicyclic) bond motifs is 4. The van der Waals surface area contributed by atoms with Gasteiger partial charge in [-0.1, -0.05) is 152 Å². The van der Waals surface area contributed by atoms with Crippen molar-refractivity contribution in [2.24, 2.45) is 0 Å². The first-order valence-electron chi connectivity index (χ1n) is 20.4. The van der Waals surface area contributed by atoms with Gasteiger partial charge in [-0.25, -0.2) is 15.0 Å². The summed E-state index contributed by atoms with van der Waals surface area (Å²) in [5.74, 6) is 1.83. The van der Waals surface area contributed by atoms with Crippen molar-refractivity contribution in [2.45, 2.75) is 12.8 Å². The van der Waals surface area contributed by atoms with Gasteiger partial charge in [0.05, 0.1) is 0 Å². The van der Waals surface area contributed by atoms with Crippen molar-refractivity contribution >= 4 is 55.3 Å². The van der Waals surface area contributed by atoms with Crippen molar-refractivity contribution in [3.05, 3.63) is 212 Å². The maximum atomic E-state index is 6.70. The molecule has 11 rings (SSSR count). The summed E-state index contributed by atoms with van der Waals surface area (Å²) in [6, 6.07) is 65.6. The molecule has 8 aromatic carbocycles. The van der Waals surface area contributed by atoms with Crippen LogP contribution in [0.4, 0.5) is 17.1 Å². The molecule has 1 aliphatic rings. The van der Waals surface area contributed by atoms with E-state index in [1.807, 2.05) is 12.1 Å². The van der Waals surface area contributed by atoms with Crippen LogP contribution in [0.15, 0.2) is 211 Å². The number of nitrogens with zero attached hydrogens (tertiary/aromatic N) is 4. The minimum absolute atomic E-state index is 0.585. The highest BCUT2D eigenvalue weighted by atomic mass is 16.3. The summed E-state index contributed by atoms with van der Waals surface area (Å²) in [7, 11) is 0. The summed E-state index contributed by atoms with van der Waals surface area (Å²) in [4.78, 5) is 17.6. The lowest BCUT2D eigenvalue weighted by molar-refractivity contribution is 0.669. The molecule has 60 heavy (non-hydrogen) atoms. The van der Waals surface area contributed by atoms with Gasteiger partial charge in [0, 0.05) is 50.6 Å². The lowest BCUT2D eigenvalue weighted by atomic mass is 9.98. The second-order valence-corrected chi connectivity index (χ2v) is 15.1. The van der Waals surface area contributed by atoms with Crippen molar-refractivity contribution in [1.82, 2.24) is 15.0 Å². The molecule has 0 fully saturated rings. The van der Waals surface area contributed by atoms with Crippen LogP contribution >= 0.6 is 0 Å². The number of hydrogen-bond donors (Lipinski definition) is 0. The average Bonchev–Trinajstić information content (AvgIpc) is 3.70. The Labute approximate surface area is 348 Å². The van der Waals surface area contributed by atoms with Crippen LogP contribution in [0.3, 0.4) is 0 Å². The molecule has 0 saturated carbocycles. The smallest absolute Gasteiger partial charge is 0.164 e. The standard InChI is InChI=1S/C55H38N4O/c1-4-13-37(14-5-1)39-23-25-42(26-24-39)53-56-54(58-55(57-53)50-22-12-18-41-17-10-11-21-47(41)50)43-29-33-48-49-34-32-46(36-52(49)60-51(48)35-43)59(44-19-8-3-9-20-44)45-30-27-40(28-31-45)38-15-6-2-7-16-38/h2-4,6-36H,1,5H2. The van der Waals surface area contributed by atoms with Gasteiger partial charge in [-0.3, -0.25) is 0 Å². The zero-order valence-corrected chi connectivity index (χ0v) is 32.7. The van der Waals surface area contributed by atoms with Gasteiger partial charge in [-0.15, -0.1) is 0 Å². The van der Waals surface area contributed by atoms with E-state index in [4.69, 9.17) is 19.4 Å². The average molecular weight is 771 g/mol. The van der Waals surface area contributed by atoms with E-state index in [2.05, 4.69) is 199 Å². The Balaban J connectivity index is 0.999. The molecule has 0 atom stereocenters. The molecule has 2 aromatic heterocycles. The van der Waals surface area contributed by atoms with E-state index in [1.165, 1.54) is 22.3 Å². The monoisotopic (exact) mass is 770 g/mol. The fourth-order valence-corrected chi connectivity index (χ4v) is 8.32. The molecule has 2 heterocycles. The Morgan fingerprint density at radius 1 is 0.400 bits per heavy atom. The van der Waals surface area contributed by atoms with Crippen molar-refractivity contribution in [1.29, 1.82) is 0 Å². The number of benzene rings is 8. The zero-order valence-electron chi connectivity index (χ0n) is 32.7. The van der Waals surface area contributed by atoms with Crippen LogP contribution in [0.25, 0.3) is 83.6 Å². The van der Waals surface area contributed by atoms with E-state index in [0.29, 0.717) is 17.5 Å². The molecule has 0 saturated heterocycles. The Morgan fingerprint density at radius 2 is 0.983 bits per heavy atom. The Kier molecular flexibility index (Phi) is 8.90. The van der Waals surface area contributed by atoms with Crippen LogP contribution in [0.2, 0.25) is 0 Å². The van der Waals surface area contributed by atoms with E-state index in [9.17, 15) is 0 Å². The van der Waals surface area contributed by atoms with E-state index < -0.39 is 0 Å². The third kappa shape index (κ3) is 6.62. The summed E-state index contributed by atoms with van der Waals surface area (Å²) in [6.45, 7) is 0. The van der Waals surface area contributed by atoms with Crippen LogP contribution in [0, 0.1) is 0 Å². The van der Waals surface area contributed by atoms with Crippen molar-refractivity contribution in [3.8, 4) is 45.3 Å². The van der Waals surface area contributed by atoms with Gasteiger partial charge in [0.25, 0.3) is 0 Å². The fourth-order valence-electron chi connectivity index (χ4n) is 8.32. The highest BCUT2D eigenvalue weighted by molar-refractivity contribution is 6.07. The molecule has 0 N–H and O–H groups in total. The molecule has 5 heteroatoms. The lowest BCUT2D eigenvalue weighted by Crippen LogP contribution is -2.09. The third-order valence-electron chi connectivity index (χ3n) is 11.4. The number of furan rings is 1. The summed E-state index contributed by atoms with van der Waals surface area (Å²) < 4.78 is 6.70. The first-order valence-corrected chi connectivity index (χ1v) is 20.4. The van der Waals surface area contributed by atoms with Gasteiger partial charge in [0.15, 0.2) is 17.5 Å². The number of hydrogen-bond acceptors (Lipinski definition) is 5. The number of allylic oxidation sites excluding steroid dienone is 4. The predicted molar refractivity (Wildman–Crippen MR) is 247 cm³/mol. The van der Waals surface area contributed by atoms with Crippen LogP contribution in [-0.2, 0) is 0 Å². The molecule has 0 radical (unpaired) electrons. The Morgan fingerprint density at radius 3 is 1.77 bits per heavy atom. The normalized spacial score (nSPS) is 12.6. The first-order chi connectivity index (χ1) is 29.7. The fraction of sp³-hybridized carbons (Fsp3) is 0.0364. The molecular weight excluding hydrogens is 733 g/mol. The summed E-state index contributed by atoms with van der Waals surface area (Å²) in [6.07, 6.45) is 8.89. The van der Waals surface area contributed by atoms with Crippen molar-refractivity contribution in [2.75, 3.05) is 4.90 Å². The maximum absolute atomic E-state index is 6.70. The highest BCUT2D eigenvalue weighted by Gasteiger charge is 2.19. The molecule has 0 unspecified atom stereocenters.